The maximum Gasteiger partial charge on any atom is 0.416 e. The fourth-order valence-corrected chi connectivity index (χ4v) is 1.36. The number of halogens is 3. The summed E-state index contributed by atoms with van der Waals surface area (Å²) in [6, 6.07) is 4.28. The fraction of sp³-hybridized carbons (Fsp3) is 0.455. The van der Waals surface area contributed by atoms with E-state index >= 15 is 0 Å². The number of alkyl halides is 3. The summed E-state index contributed by atoms with van der Waals surface area (Å²) in [6.45, 7) is 1.77. The molecule has 0 fully saturated rings. The highest BCUT2D eigenvalue weighted by Gasteiger charge is 2.30. The highest BCUT2D eigenvalue weighted by Crippen LogP contribution is 2.30. The normalized spacial score (nSPS) is 12.9. The lowest BCUT2D eigenvalue weighted by Crippen LogP contribution is -2.31. The van der Waals surface area contributed by atoms with Crippen LogP contribution >= 0.6 is 0 Å². The molecule has 1 unspecified atom stereocenters. The van der Waals surface area contributed by atoms with Gasteiger partial charge in [0.05, 0.1) is 10.8 Å². The second-order valence-corrected chi connectivity index (χ2v) is 3.66. The van der Waals surface area contributed by atoms with Gasteiger partial charge in [-0.3, -0.25) is 0 Å². The minimum Gasteiger partial charge on any atom is -0.469 e. The number of benzene rings is 1. The number of rotatable bonds is 5. The topological polar surface area (TPSA) is 41.9 Å². The maximum absolute atomic E-state index is 12.3. The van der Waals surface area contributed by atoms with Gasteiger partial charge in [0, 0.05) is 13.5 Å². The van der Waals surface area contributed by atoms with Crippen molar-refractivity contribution in [2.45, 2.75) is 25.7 Å². The van der Waals surface area contributed by atoms with E-state index in [0.717, 1.165) is 17.1 Å². The zero-order chi connectivity index (χ0) is 13.8. The van der Waals surface area contributed by atoms with Gasteiger partial charge in [0.25, 0.3) is 0 Å². The minimum absolute atomic E-state index is 0.255. The molecule has 0 radical (unpaired) electrons. The smallest absolute Gasteiger partial charge is 0.416 e. The molecule has 0 spiro atoms. The van der Waals surface area contributed by atoms with Crippen molar-refractivity contribution in [1.29, 1.82) is 0 Å². The molecule has 1 aromatic rings. The first-order valence-electron chi connectivity index (χ1n) is 5.28. The lowest BCUT2D eigenvalue weighted by molar-refractivity contribution is -0.137. The number of hydrogen-bond acceptors (Lipinski definition) is 3. The lowest BCUT2D eigenvalue weighted by Gasteiger charge is -2.22. The van der Waals surface area contributed by atoms with Crippen molar-refractivity contribution in [2.75, 3.05) is 7.05 Å². The van der Waals surface area contributed by atoms with Gasteiger partial charge >= 0.3 is 6.18 Å². The maximum atomic E-state index is 12.3. The Bertz CT molecular complexity index is 392. The standard InChI is InChI=1S/C11H13F3N2O2/c1-3-10(16(2)15-17)18-9-6-4-8(5-7-9)11(12,13)14/h4-7,10H,3H2,1-2H3. The van der Waals surface area contributed by atoms with E-state index in [2.05, 4.69) is 5.29 Å². The van der Waals surface area contributed by atoms with E-state index in [1.807, 2.05) is 0 Å². The van der Waals surface area contributed by atoms with Gasteiger partial charge in [0.2, 0.25) is 0 Å². The van der Waals surface area contributed by atoms with Crippen molar-refractivity contribution in [2.24, 2.45) is 5.29 Å². The van der Waals surface area contributed by atoms with Crippen molar-refractivity contribution in [1.82, 2.24) is 5.01 Å². The van der Waals surface area contributed by atoms with Crippen molar-refractivity contribution in [3.63, 3.8) is 0 Å². The molecule has 0 aromatic heterocycles. The molecule has 0 amide bonds. The summed E-state index contributed by atoms with van der Waals surface area (Å²) in [5.41, 5.74) is -0.746. The van der Waals surface area contributed by atoms with Crippen LogP contribution in [0.2, 0.25) is 0 Å². The summed E-state index contributed by atoms with van der Waals surface area (Å²) in [4.78, 5) is 10.3. The molecule has 1 rings (SSSR count). The molecule has 0 saturated carbocycles. The summed E-state index contributed by atoms with van der Waals surface area (Å²) in [5.74, 6) is 0.255. The molecule has 0 aliphatic heterocycles. The van der Waals surface area contributed by atoms with Gasteiger partial charge in [-0.05, 0) is 24.3 Å². The van der Waals surface area contributed by atoms with Crippen LogP contribution in [-0.2, 0) is 6.18 Å². The number of nitroso groups, excluding NO2 is 1. The molecular formula is C11H13F3N2O2. The average Bonchev–Trinajstić information content (AvgIpc) is 2.34. The van der Waals surface area contributed by atoms with Crippen LogP contribution in [0.1, 0.15) is 18.9 Å². The lowest BCUT2D eigenvalue weighted by atomic mass is 10.2. The molecule has 0 bridgehead atoms. The summed E-state index contributed by atoms with van der Waals surface area (Å²) in [6.07, 6.45) is -4.49. The SMILES string of the molecule is CCC(Oc1ccc(C(F)(F)F)cc1)N(C)N=O. The van der Waals surface area contributed by atoms with E-state index in [-0.39, 0.29) is 5.75 Å². The summed E-state index contributed by atoms with van der Waals surface area (Å²) in [5, 5.41) is 3.76. The van der Waals surface area contributed by atoms with Gasteiger partial charge in [-0.1, -0.05) is 6.92 Å². The number of nitrogens with zero attached hydrogens (tertiary/aromatic N) is 2. The van der Waals surface area contributed by atoms with E-state index in [9.17, 15) is 18.1 Å². The molecule has 4 nitrogen and oxygen atoms in total. The highest BCUT2D eigenvalue weighted by atomic mass is 19.4. The van der Waals surface area contributed by atoms with E-state index in [0.29, 0.717) is 6.42 Å². The predicted octanol–water partition coefficient (Wildman–Crippen LogP) is 3.43. The Kier molecular flexibility index (Phi) is 4.52. The monoisotopic (exact) mass is 262 g/mol. The summed E-state index contributed by atoms with van der Waals surface area (Å²) < 4.78 is 42.3. The Labute approximate surface area is 102 Å². The van der Waals surface area contributed by atoms with Crippen LogP contribution in [0.15, 0.2) is 29.6 Å². The fourth-order valence-electron chi connectivity index (χ4n) is 1.36. The molecule has 18 heavy (non-hydrogen) atoms. The van der Waals surface area contributed by atoms with Crippen LogP contribution in [0.5, 0.6) is 5.75 Å². The Hall–Kier alpha value is -1.79. The highest BCUT2D eigenvalue weighted by molar-refractivity contribution is 5.28. The molecular weight excluding hydrogens is 249 g/mol. The van der Waals surface area contributed by atoms with Crippen LogP contribution in [-0.4, -0.2) is 18.3 Å². The van der Waals surface area contributed by atoms with E-state index < -0.39 is 18.0 Å². The molecule has 0 aliphatic rings. The molecule has 0 N–H and O–H groups in total. The van der Waals surface area contributed by atoms with Crippen LogP contribution in [0.4, 0.5) is 13.2 Å². The first-order chi connectivity index (χ1) is 8.38. The molecule has 7 heteroatoms. The van der Waals surface area contributed by atoms with Crippen LogP contribution in [0.25, 0.3) is 0 Å². The van der Waals surface area contributed by atoms with E-state index in [1.54, 1.807) is 6.92 Å². The Morgan fingerprint density at radius 2 is 1.89 bits per heavy atom. The Morgan fingerprint density at radius 3 is 2.28 bits per heavy atom. The Morgan fingerprint density at radius 1 is 1.33 bits per heavy atom. The minimum atomic E-state index is -4.37. The third kappa shape index (κ3) is 3.61. The molecule has 0 aliphatic carbocycles. The van der Waals surface area contributed by atoms with E-state index in [4.69, 9.17) is 4.74 Å². The largest absolute Gasteiger partial charge is 0.469 e. The second kappa shape index (κ2) is 5.70. The molecule has 100 valence electrons. The van der Waals surface area contributed by atoms with Crippen molar-refractivity contribution in [3.8, 4) is 5.75 Å². The van der Waals surface area contributed by atoms with Crippen molar-refractivity contribution < 1.29 is 17.9 Å². The number of ether oxygens (including phenoxy) is 1. The van der Waals surface area contributed by atoms with Gasteiger partial charge < -0.3 is 4.74 Å². The second-order valence-electron chi connectivity index (χ2n) is 3.66. The summed E-state index contributed by atoms with van der Waals surface area (Å²) in [7, 11) is 1.44. The van der Waals surface area contributed by atoms with Gasteiger partial charge in [-0.15, -0.1) is 4.91 Å². The zero-order valence-corrected chi connectivity index (χ0v) is 9.94. The number of hydrogen-bond donors (Lipinski definition) is 0. The van der Waals surface area contributed by atoms with Crippen LogP contribution in [0.3, 0.4) is 0 Å². The van der Waals surface area contributed by atoms with Crippen LogP contribution in [0, 0.1) is 4.91 Å². The van der Waals surface area contributed by atoms with Crippen molar-refractivity contribution in [3.05, 3.63) is 34.7 Å². The quantitative estimate of drug-likeness (QED) is 0.463. The molecule has 0 heterocycles. The van der Waals surface area contributed by atoms with Gasteiger partial charge in [-0.25, -0.2) is 5.01 Å². The molecule has 1 atom stereocenters. The zero-order valence-electron chi connectivity index (χ0n) is 9.94. The summed E-state index contributed by atoms with van der Waals surface area (Å²) >= 11 is 0. The predicted molar refractivity (Wildman–Crippen MR) is 59.7 cm³/mol. The van der Waals surface area contributed by atoms with Gasteiger partial charge in [0.1, 0.15) is 5.75 Å². The molecule has 1 aromatic carbocycles. The average molecular weight is 262 g/mol. The first kappa shape index (κ1) is 14.3. The van der Waals surface area contributed by atoms with Gasteiger partial charge in [-0.2, -0.15) is 13.2 Å². The Balaban J connectivity index is 2.77. The third-order valence-electron chi connectivity index (χ3n) is 2.35. The third-order valence-corrected chi connectivity index (χ3v) is 2.35. The van der Waals surface area contributed by atoms with Crippen LogP contribution < -0.4 is 4.74 Å². The molecule has 0 saturated heterocycles. The van der Waals surface area contributed by atoms with Gasteiger partial charge in [0.15, 0.2) is 6.23 Å². The first-order valence-corrected chi connectivity index (χ1v) is 5.28. The van der Waals surface area contributed by atoms with E-state index in [1.165, 1.54) is 19.2 Å². The van der Waals surface area contributed by atoms with Crippen molar-refractivity contribution >= 4 is 0 Å².